The molecule has 0 bridgehead atoms. The first-order chi connectivity index (χ1) is 13.0. The van der Waals surface area contributed by atoms with Gasteiger partial charge in [0, 0.05) is 23.4 Å². The summed E-state index contributed by atoms with van der Waals surface area (Å²) in [6, 6.07) is 13.4. The van der Waals surface area contributed by atoms with Gasteiger partial charge in [-0.15, -0.1) is 0 Å². The normalized spacial score (nSPS) is 10.7. The number of aryl methyl sites for hydroxylation is 1. The molecule has 0 aliphatic carbocycles. The number of carbonyl (C=O) groups is 2. The van der Waals surface area contributed by atoms with E-state index >= 15 is 0 Å². The van der Waals surface area contributed by atoms with Gasteiger partial charge in [0.15, 0.2) is 12.4 Å². The van der Waals surface area contributed by atoms with Crippen LogP contribution in [0.15, 0.2) is 53.3 Å². The molecule has 2 aromatic carbocycles. The van der Waals surface area contributed by atoms with E-state index in [0.717, 1.165) is 0 Å². The van der Waals surface area contributed by atoms with E-state index in [9.17, 15) is 14.4 Å². The number of hydrogen-bond donors (Lipinski definition) is 1. The van der Waals surface area contributed by atoms with E-state index in [1.807, 2.05) is 6.07 Å². The summed E-state index contributed by atoms with van der Waals surface area (Å²) in [4.78, 5) is 42.9. The molecule has 0 atom stereocenters. The third kappa shape index (κ3) is 5.01. The highest BCUT2D eigenvalue weighted by Crippen LogP contribution is 2.11. The van der Waals surface area contributed by atoms with Gasteiger partial charge in [0.25, 0.3) is 5.56 Å². The number of benzene rings is 2. The lowest BCUT2D eigenvalue weighted by Crippen LogP contribution is -2.15. The van der Waals surface area contributed by atoms with Crippen LogP contribution in [-0.2, 0) is 16.0 Å². The fraction of sp³-hybridized carbons (Fsp3) is 0.200. The minimum Gasteiger partial charge on any atom is -0.457 e. The summed E-state index contributed by atoms with van der Waals surface area (Å²) < 4.78 is 5.01. The molecule has 0 radical (unpaired) electrons. The fourth-order valence-corrected chi connectivity index (χ4v) is 2.72. The molecule has 0 aliphatic rings. The van der Waals surface area contributed by atoms with E-state index in [-0.39, 0.29) is 24.4 Å². The molecule has 0 saturated carbocycles. The molecule has 6 nitrogen and oxygen atoms in total. The molecular weight excluding hydrogens is 368 g/mol. The van der Waals surface area contributed by atoms with E-state index in [0.29, 0.717) is 40.2 Å². The predicted molar refractivity (Wildman–Crippen MR) is 102 cm³/mol. The van der Waals surface area contributed by atoms with Crippen molar-refractivity contribution >= 4 is 34.3 Å². The van der Waals surface area contributed by atoms with Crippen LogP contribution in [0.3, 0.4) is 0 Å². The van der Waals surface area contributed by atoms with Gasteiger partial charge < -0.3 is 9.72 Å². The Balaban J connectivity index is 1.47. The number of nitrogens with zero attached hydrogens (tertiary/aromatic N) is 1. The summed E-state index contributed by atoms with van der Waals surface area (Å²) in [7, 11) is 0. The first-order valence-electron chi connectivity index (χ1n) is 8.45. The number of carbonyl (C=O) groups excluding carboxylic acids is 2. The number of H-pyrrole nitrogens is 1. The Bertz CT molecular complexity index is 1030. The highest BCUT2D eigenvalue weighted by molar-refractivity contribution is 6.30. The first kappa shape index (κ1) is 18.8. The van der Waals surface area contributed by atoms with Gasteiger partial charge in [-0.1, -0.05) is 23.7 Å². The smallest absolute Gasteiger partial charge is 0.306 e. The molecule has 3 rings (SSSR count). The van der Waals surface area contributed by atoms with E-state index in [4.69, 9.17) is 16.3 Å². The maximum absolute atomic E-state index is 12.0. The molecular formula is C20H17ClN2O4. The van der Waals surface area contributed by atoms with Crippen molar-refractivity contribution in [3.63, 3.8) is 0 Å². The van der Waals surface area contributed by atoms with Gasteiger partial charge >= 0.3 is 5.97 Å². The molecule has 0 fully saturated rings. The van der Waals surface area contributed by atoms with Crippen LogP contribution in [0.2, 0.25) is 5.02 Å². The lowest BCUT2D eigenvalue weighted by atomic mass is 10.1. The Kier molecular flexibility index (Phi) is 5.98. The van der Waals surface area contributed by atoms with Crippen LogP contribution in [0.4, 0.5) is 0 Å². The molecule has 7 heteroatoms. The zero-order chi connectivity index (χ0) is 19.2. The number of Topliss-reactive ketones (excluding diaryl/α,β-unsaturated/α-hetero) is 1. The Labute approximate surface area is 160 Å². The molecule has 0 saturated heterocycles. The van der Waals surface area contributed by atoms with Crippen LogP contribution in [-0.4, -0.2) is 28.3 Å². The van der Waals surface area contributed by atoms with E-state index in [1.165, 1.54) is 0 Å². The monoisotopic (exact) mass is 384 g/mol. The largest absolute Gasteiger partial charge is 0.457 e. The second-order valence-electron chi connectivity index (χ2n) is 5.97. The number of halogens is 1. The van der Waals surface area contributed by atoms with Crippen LogP contribution < -0.4 is 5.56 Å². The quantitative estimate of drug-likeness (QED) is 0.498. The molecule has 0 amide bonds. The summed E-state index contributed by atoms with van der Waals surface area (Å²) in [5.41, 5.74) is 0.851. The number of para-hydroxylation sites is 1. The van der Waals surface area contributed by atoms with Crippen molar-refractivity contribution in [2.45, 2.75) is 19.3 Å². The molecule has 1 N–H and O–H groups in total. The molecule has 0 aliphatic heterocycles. The van der Waals surface area contributed by atoms with Gasteiger partial charge in [0.2, 0.25) is 0 Å². The van der Waals surface area contributed by atoms with Crippen molar-refractivity contribution in [3.8, 4) is 0 Å². The van der Waals surface area contributed by atoms with Gasteiger partial charge in [-0.2, -0.15) is 0 Å². The van der Waals surface area contributed by atoms with Crippen LogP contribution in [0, 0.1) is 0 Å². The van der Waals surface area contributed by atoms with Crippen LogP contribution in [0.1, 0.15) is 29.0 Å². The number of esters is 1. The maximum Gasteiger partial charge on any atom is 0.306 e. The highest BCUT2D eigenvalue weighted by Gasteiger charge is 2.11. The Morgan fingerprint density at radius 3 is 2.59 bits per heavy atom. The Morgan fingerprint density at radius 2 is 1.81 bits per heavy atom. The number of aromatic nitrogens is 2. The SMILES string of the molecule is O=C(CCCc1nc2ccccc2c(=O)[nH]1)OCC(=O)c1ccc(Cl)cc1. The van der Waals surface area contributed by atoms with Crippen LogP contribution >= 0.6 is 11.6 Å². The lowest BCUT2D eigenvalue weighted by molar-refractivity contribution is -0.142. The van der Waals surface area contributed by atoms with Crippen molar-refractivity contribution in [3.05, 3.63) is 75.3 Å². The van der Waals surface area contributed by atoms with E-state index in [2.05, 4.69) is 9.97 Å². The molecule has 3 aromatic rings. The second kappa shape index (κ2) is 8.60. The summed E-state index contributed by atoms with van der Waals surface area (Å²) in [5, 5.41) is 1.06. The van der Waals surface area contributed by atoms with E-state index in [1.54, 1.807) is 42.5 Å². The minimum absolute atomic E-state index is 0.129. The summed E-state index contributed by atoms with van der Waals surface area (Å²) in [6.07, 6.45) is 1.01. The summed E-state index contributed by atoms with van der Waals surface area (Å²) >= 11 is 5.77. The number of aromatic amines is 1. The molecule has 27 heavy (non-hydrogen) atoms. The van der Waals surface area contributed by atoms with Crippen molar-refractivity contribution < 1.29 is 14.3 Å². The second-order valence-corrected chi connectivity index (χ2v) is 6.41. The zero-order valence-electron chi connectivity index (χ0n) is 14.4. The fourth-order valence-electron chi connectivity index (χ4n) is 2.59. The van der Waals surface area contributed by atoms with E-state index < -0.39 is 5.97 Å². The molecule has 1 aromatic heterocycles. The van der Waals surface area contributed by atoms with Gasteiger partial charge in [-0.05, 0) is 42.8 Å². The van der Waals surface area contributed by atoms with Crippen molar-refractivity contribution in [1.29, 1.82) is 0 Å². The molecule has 1 heterocycles. The third-order valence-corrected chi connectivity index (χ3v) is 4.24. The maximum atomic E-state index is 12.0. The van der Waals surface area contributed by atoms with Gasteiger partial charge in [-0.3, -0.25) is 14.4 Å². The predicted octanol–water partition coefficient (Wildman–Crippen LogP) is 3.33. The Morgan fingerprint density at radius 1 is 1.07 bits per heavy atom. The number of hydrogen-bond acceptors (Lipinski definition) is 5. The van der Waals surface area contributed by atoms with Gasteiger partial charge in [-0.25, -0.2) is 4.98 Å². The lowest BCUT2D eigenvalue weighted by Gasteiger charge is -2.05. The number of ketones is 1. The van der Waals surface area contributed by atoms with Crippen molar-refractivity contribution in [2.24, 2.45) is 0 Å². The minimum atomic E-state index is -0.472. The topological polar surface area (TPSA) is 89.1 Å². The number of nitrogens with one attached hydrogen (secondary N) is 1. The number of fused-ring (bicyclic) bond motifs is 1. The number of ether oxygens (including phenoxy) is 1. The first-order valence-corrected chi connectivity index (χ1v) is 8.83. The summed E-state index contributed by atoms with van der Waals surface area (Å²) in [6.45, 7) is -0.314. The average Bonchev–Trinajstić information content (AvgIpc) is 2.67. The molecule has 0 spiro atoms. The van der Waals surface area contributed by atoms with Crippen LogP contribution in [0.25, 0.3) is 10.9 Å². The standard InChI is InChI=1S/C20H17ClN2O4/c21-14-10-8-13(9-11-14)17(24)12-27-19(25)7-3-6-18-22-16-5-2-1-4-15(16)20(26)23-18/h1-2,4-5,8-11H,3,6-7,12H2,(H,22,23,26). The third-order valence-electron chi connectivity index (χ3n) is 3.99. The Hall–Kier alpha value is -2.99. The number of rotatable bonds is 7. The zero-order valence-corrected chi connectivity index (χ0v) is 15.2. The molecule has 138 valence electrons. The average molecular weight is 385 g/mol. The molecule has 0 unspecified atom stereocenters. The highest BCUT2D eigenvalue weighted by atomic mass is 35.5. The van der Waals surface area contributed by atoms with Gasteiger partial charge in [0.1, 0.15) is 5.82 Å². The van der Waals surface area contributed by atoms with Gasteiger partial charge in [0.05, 0.1) is 10.9 Å². The van der Waals surface area contributed by atoms with Crippen molar-refractivity contribution in [2.75, 3.05) is 6.61 Å². The van der Waals surface area contributed by atoms with Crippen molar-refractivity contribution in [1.82, 2.24) is 9.97 Å². The summed E-state index contributed by atoms with van der Waals surface area (Å²) in [5.74, 6) is -0.246. The van der Waals surface area contributed by atoms with Crippen LogP contribution in [0.5, 0.6) is 0 Å².